The van der Waals surface area contributed by atoms with Crippen molar-refractivity contribution in [2.24, 2.45) is 0 Å². The fraction of sp³-hybridized carbons (Fsp3) is 0.480. The molecule has 16 nitrogen and oxygen atoms in total. The highest BCUT2D eigenvalue weighted by molar-refractivity contribution is 6.14. The zero-order valence-electron chi connectivity index (χ0n) is 70.5. The summed E-state index contributed by atoms with van der Waals surface area (Å²) in [6, 6.07) is 25.1. The number of rotatable bonds is 44. The van der Waals surface area contributed by atoms with Crippen molar-refractivity contribution >= 4 is 67.4 Å². The lowest BCUT2D eigenvalue weighted by Gasteiger charge is -2.22. The van der Waals surface area contributed by atoms with Crippen LogP contribution in [-0.2, 0) is 0 Å². The lowest BCUT2D eigenvalue weighted by molar-refractivity contribution is 0.543. The first-order chi connectivity index (χ1) is 57.2. The molecule has 10 aromatic rings. The number of benzene rings is 2. The molecule has 0 aliphatic rings. The van der Waals surface area contributed by atoms with Gasteiger partial charge in [0.1, 0.15) is 46.5 Å². The summed E-state index contributed by atoms with van der Waals surface area (Å²) in [5.74, 6) is 29.2. The van der Waals surface area contributed by atoms with Gasteiger partial charge in [-0.2, -0.15) is 21.0 Å². The number of hydrogen-bond acceptors (Lipinski definition) is 16. The van der Waals surface area contributed by atoms with E-state index in [9.17, 15) is 21.0 Å². The molecular weight excluding hydrogens is 1430 g/mol. The Morgan fingerprint density at radius 1 is 0.224 bits per heavy atom. The molecule has 0 unspecified atom stereocenters. The SMILES string of the molecule is CCCCCCN(CCCCCC)c1oc2c(C#Cc3ccncc3)c3c(C#N)c(N(CCCCCC)CCCCCC)oc3c(C#Cc3ccncc3)c2c1C#N.CCCCCCN(CCCCCC)c1oc2c(C#Cc3ccncc3)c3c(C#N)c(N(CCCCCC)CCCCCC)oc3c(C#Cc3ccncc3)c2c1C#N. The molecule has 2 aromatic carbocycles. The van der Waals surface area contributed by atoms with Crippen LogP contribution in [0.15, 0.2) is 116 Å². The molecule has 0 aliphatic heterocycles. The van der Waals surface area contributed by atoms with E-state index >= 15 is 0 Å². The average Bonchev–Trinajstić information content (AvgIpc) is 1.56. The molecule has 0 aliphatic carbocycles. The Morgan fingerprint density at radius 3 is 0.534 bits per heavy atom. The lowest BCUT2D eigenvalue weighted by Crippen LogP contribution is -2.26. The Labute approximate surface area is 691 Å². The number of unbranched alkanes of at least 4 members (excludes halogenated alkanes) is 24. The highest BCUT2D eigenvalue weighted by atomic mass is 16.4. The van der Waals surface area contributed by atoms with Gasteiger partial charge in [-0.05, 0) is 99.9 Å². The molecule has 604 valence electrons. The van der Waals surface area contributed by atoms with Crippen LogP contribution >= 0.6 is 0 Å². The quantitative estimate of drug-likeness (QED) is 0.0257. The Hall–Kier alpha value is -11.4. The van der Waals surface area contributed by atoms with Crippen molar-refractivity contribution in [1.82, 2.24) is 19.9 Å². The van der Waals surface area contributed by atoms with E-state index < -0.39 is 0 Å². The maximum atomic E-state index is 11.1. The Bertz CT molecular complexity index is 4460. The van der Waals surface area contributed by atoms with Crippen LogP contribution in [0.3, 0.4) is 0 Å². The Balaban J connectivity index is 0.000000265. The summed E-state index contributed by atoms with van der Waals surface area (Å²) in [5.41, 5.74) is 8.68. The van der Waals surface area contributed by atoms with Crippen molar-refractivity contribution in [3.8, 4) is 71.6 Å². The van der Waals surface area contributed by atoms with Crippen LogP contribution in [0.1, 0.15) is 328 Å². The second-order valence-electron chi connectivity index (χ2n) is 30.3. The number of hydrogen-bond donors (Lipinski definition) is 0. The normalized spacial score (nSPS) is 10.8. The van der Waals surface area contributed by atoms with E-state index in [0.717, 1.165) is 280 Å². The van der Waals surface area contributed by atoms with Gasteiger partial charge in [-0.3, -0.25) is 19.9 Å². The number of fused-ring (bicyclic) bond motifs is 4. The molecule has 0 radical (unpaired) electrons. The van der Waals surface area contributed by atoms with Gasteiger partial charge >= 0.3 is 0 Å². The molecule has 0 fully saturated rings. The molecule has 0 amide bonds. The standard InChI is InChI=1S/2C50H60N6O2/c2*1-5-9-13-17-33-55(34-18-14-10-6-2)49-43(37-51)45-41(23-21-39-25-29-53-30-26-39)48-46(42(47(45)57-49)24-22-40-27-31-54-32-28-40)44(38-52)50(58-48)56(35-19-15-11-7-3)36-20-16-12-8-4/h2*25-32H,5-20,33-36H2,1-4H3. The predicted molar refractivity (Wildman–Crippen MR) is 474 cm³/mol. The summed E-state index contributed by atoms with van der Waals surface area (Å²) in [7, 11) is 0. The molecule has 0 saturated heterocycles. The Morgan fingerprint density at radius 2 is 0.388 bits per heavy atom. The number of furan rings is 4. The van der Waals surface area contributed by atoms with Crippen molar-refractivity contribution in [2.45, 2.75) is 261 Å². The lowest BCUT2D eigenvalue weighted by atomic mass is 9.96. The second kappa shape index (κ2) is 49.4. The summed E-state index contributed by atoms with van der Waals surface area (Å²) in [6.45, 7) is 23.9. The first-order valence-electron chi connectivity index (χ1n) is 43.7. The van der Waals surface area contributed by atoms with Gasteiger partial charge < -0.3 is 37.3 Å². The molecule has 0 saturated carbocycles. The summed E-state index contributed by atoms with van der Waals surface area (Å²) in [6.07, 6.45) is 48.8. The van der Waals surface area contributed by atoms with Crippen molar-refractivity contribution in [3.05, 3.63) is 165 Å². The first kappa shape index (κ1) is 88.5. The number of pyridine rings is 4. The van der Waals surface area contributed by atoms with E-state index in [1.807, 2.05) is 48.5 Å². The third kappa shape index (κ3) is 24.3. The van der Waals surface area contributed by atoms with Crippen LogP contribution in [0.25, 0.3) is 43.9 Å². The zero-order valence-corrected chi connectivity index (χ0v) is 70.5. The number of nitriles is 4. The van der Waals surface area contributed by atoms with Gasteiger partial charge in [0.15, 0.2) is 22.3 Å². The van der Waals surface area contributed by atoms with Crippen molar-refractivity contribution < 1.29 is 17.7 Å². The highest BCUT2D eigenvalue weighted by Crippen LogP contribution is 2.48. The van der Waals surface area contributed by atoms with Crippen molar-refractivity contribution in [1.29, 1.82) is 21.0 Å². The maximum Gasteiger partial charge on any atom is 0.214 e. The van der Waals surface area contributed by atoms with Crippen LogP contribution in [-0.4, -0.2) is 72.3 Å². The third-order valence-electron chi connectivity index (χ3n) is 21.4. The molecule has 0 bridgehead atoms. The van der Waals surface area contributed by atoms with Crippen LogP contribution < -0.4 is 19.6 Å². The van der Waals surface area contributed by atoms with E-state index in [4.69, 9.17) is 17.7 Å². The van der Waals surface area contributed by atoms with Gasteiger partial charge in [-0.1, -0.05) is 257 Å². The Kier molecular flexibility index (Phi) is 37.7. The van der Waals surface area contributed by atoms with Crippen LogP contribution in [0.5, 0.6) is 0 Å². The number of anilines is 4. The molecule has 0 atom stereocenters. The molecule has 8 aromatic heterocycles. The minimum Gasteiger partial charge on any atom is -0.438 e. The smallest absolute Gasteiger partial charge is 0.214 e. The molecule has 0 spiro atoms. The topological polar surface area (TPSA) is 212 Å². The van der Waals surface area contributed by atoms with Crippen molar-refractivity contribution in [3.63, 3.8) is 0 Å². The summed E-state index contributed by atoms with van der Waals surface area (Å²) >= 11 is 0. The average molecular weight is 1550 g/mol. The second-order valence-corrected chi connectivity index (χ2v) is 30.3. The van der Waals surface area contributed by atoms with Gasteiger partial charge in [-0.15, -0.1) is 0 Å². The van der Waals surface area contributed by atoms with Crippen LogP contribution in [0.4, 0.5) is 23.5 Å². The minimum absolute atomic E-state index is 0.418. The monoisotopic (exact) mass is 1550 g/mol. The zero-order chi connectivity index (χ0) is 81.9. The fourth-order valence-corrected chi connectivity index (χ4v) is 14.9. The summed E-state index contributed by atoms with van der Waals surface area (Å²) in [4.78, 5) is 25.7. The molecular formula is C100H120N12O4. The molecule has 8 heterocycles. The van der Waals surface area contributed by atoms with E-state index in [0.29, 0.717) is 112 Å². The van der Waals surface area contributed by atoms with Crippen LogP contribution in [0.2, 0.25) is 0 Å². The van der Waals surface area contributed by atoms with Gasteiger partial charge in [0.25, 0.3) is 0 Å². The van der Waals surface area contributed by atoms with Gasteiger partial charge in [0, 0.05) is 124 Å². The first-order valence-corrected chi connectivity index (χ1v) is 43.7. The van der Waals surface area contributed by atoms with Crippen molar-refractivity contribution in [2.75, 3.05) is 72.0 Å². The van der Waals surface area contributed by atoms with E-state index in [1.165, 1.54) is 0 Å². The molecule has 10 rings (SSSR count). The van der Waals surface area contributed by atoms with Gasteiger partial charge in [0.05, 0.1) is 43.8 Å². The largest absolute Gasteiger partial charge is 0.438 e. The summed E-state index contributed by atoms with van der Waals surface area (Å²) < 4.78 is 27.9. The molecule has 0 N–H and O–H groups in total. The predicted octanol–water partition coefficient (Wildman–Crippen LogP) is 24.9. The minimum atomic E-state index is 0.418. The van der Waals surface area contributed by atoms with E-state index in [1.54, 1.807) is 49.6 Å². The van der Waals surface area contributed by atoms with E-state index in [2.05, 4.69) is 167 Å². The van der Waals surface area contributed by atoms with Crippen LogP contribution in [0, 0.1) is 92.7 Å². The number of aromatic nitrogens is 4. The molecule has 116 heavy (non-hydrogen) atoms. The maximum absolute atomic E-state index is 11.1. The summed E-state index contributed by atoms with van der Waals surface area (Å²) in [5, 5.41) is 46.7. The number of nitrogens with zero attached hydrogens (tertiary/aromatic N) is 12. The third-order valence-corrected chi connectivity index (χ3v) is 21.4. The van der Waals surface area contributed by atoms with E-state index in [-0.39, 0.29) is 0 Å². The van der Waals surface area contributed by atoms with Gasteiger partial charge in [-0.25, -0.2) is 0 Å². The molecule has 16 heteroatoms. The highest BCUT2D eigenvalue weighted by Gasteiger charge is 2.34. The fourth-order valence-electron chi connectivity index (χ4n) is 14.9. The van der Waals surface area contributed by atoms with Gasteiger partial charge in [0.2, 0.25) is 23.5 Å².